The minimum Gasteiger partial charge on any atom is -0.364 e. The molecule has 5 heteroatoms. The Hall–Kier alpha value is -2.40. The molecular weight excluding hydrogens is 342 g/mol. The molecule has 2 N–H and O–H groups in total. The van der Waals surface area contributed by atoms with Crippen LogP contribution in [-0.4, -0.2) is 15.7 Å². The van der Waals surface area contributed by atoms with Gasteiger partial charge in [-0.15, -0.1) is 0 Å². The Morgan fingerprint density at radius 3 is 2.55 bits per heavy atom. The van der Waals surface area contributed by atoms with Gasteiger partial charge in [0.2, 0.25) is 0 Å². The van der Waals surface area contributed by atoms with E-state index in [0.29, 0.717) is 6.54 Å². The van der Waals surface area contributed by atoms with Gasteiger partial charge in [0.05, 0.1) is 12.2 Å². The van der Waals surface area contributed by atoms with E-state index < -0.39 is 5.91 Å². The number of hydrogen-bond donors (Lipinski definition) is 1. The molecule has 0 radical (unpaired) electrons. The molecule has 2 aromatic carbocycles. The molecule has 110 valence electrons. The third-order valence-corrected chi connectivity index (χ3v) is 3.82. The van der Waals surface area contributed by atoms with Gasteiger partial charge in [-0.2, -0.15) is 5.10 Å². The number of nitrogens with two attached hydrogens (primary N) is 1. The molecule has 0 saturated carbocycles. The Labute approximate surface area is 136 Å². The summed E-state index contributed by atoms with van der Waals surface area (Å²) in [5.41, 5.74) is 8.59. The minimum absolute atomic E-state index is 0.269. The van der Waals surface area contributed by atoms with Crippen molar-refractivity contribution in [3.63, 3.8) is 0 Å². The Balaban J connectivity index is 2.06. The number of rotatable bonds is 4. The molecule has 1 aromatic heterocycles. The molecule has 0 aliphatic rings. The summed E-state index contributed by atoms with van der Waals surface area (Å²) in [6.45, 7) is 0.579. The van der Waals surface area contributed by atoms with E-state index in [1.807, 2.05) is 54.6 Å². The van der Waals surface area contributed by atoms with Crippen molar-refractivity contribution in [3.05, 3.63) is 76.4 Å². The van der Waals surface area contributed by atoms with E-state index in [4.69, 9.17) is 5.73 Å². The molecule has 0 atom stereocenters. The normalized spacial score (nSPS) is 10.6. The average molecular weight is 356 g/mol. The van der Waals surface area contributed by atoms with Gasteiger partial charge in [-0.3, -0.25) is 9.48 Å². The Morgan fingerprint density at radius 2 is 1.86 bits per heavy atom. The lowest BCUT2D eigenvalue weighted by Gasteiger charge is -2.08. The molecule has 0 fully saturated rings. The first-order valence-electron chi connectivity index (χ1n) is 6.81. The molecule has 4 nitrogen and oxygen atoms in total. The Bertz CT molecular complexity index is 812. The van der Waals surface area contributed by atoms with Crippen LogP contribution in [0, 0.1) is 0 Å². The zero-order valence-corrected chi connectivity index (χ0v) is 13.3. The highest BCUT2D eigenvalue weighted by Crippen LogP contribution is 2.24. The van der Waals surface area contributed by atoms with E-state index in [9.17, 15) is 4.79 Å². The molecule has 22 heavy (non-hydrogen) atoms. The Kier molecular flexibility index (Phi) is 4.06. The van der Waals surface area contributed by atoms with Crippen molar-refractivity contribution >= 4 is 21.8 Å². The number of carbonyl (C=O) groups is 1. The van der Waals surface area contributed by atoms with Crippen LogP contribution in [0.4, 0.5) is 0 Å². The van der Waals surface area contributed by atoms with Crippen molar-refractivity contribution in [1.29, 1.82) is 0 Å². The second-order valence-corrected chi connectivity index (χ2v) is 5.85. The quantitative estimate of drug-likeness (QED) is 0.778. The first-order chi connectivity index (χ1) is 10.6. The lowest BCUT2D eigenvalue weighted by atomic mass is 10.1. The number of halogens is 1. The predicted molar refractivity (Wildman–Crippen MR) is 89.4 cm³/mol. The molecule has 3 aromatic rings. The molecular formula is C17H14BrN3O. The van der Waals surface area contributed by atoms with Gasteiger partial charge >= 0.3 is 0 Å². The standard InChI is InChI=1S/C17H14BrN3O/c18-14-8-4-7-13(9-14)16-10-15(17(19)22)20-21(16)11-12-5-2-1-3-6-12/h1-10H,11H2,(H2,19,22). The van der Waals surface area contributed by atoms with Crippen LogP contribution in [0.25, 0.3) is 11.3 Å². The summed E-state index contributed by atoms with van der Waals surface area (Å²) in [7, 11) is 0. The van der Waals surface area contributed by atoms with Gasteiger partial charge in [-0.05, 0) is 23.8 Å². The monoisotopic (exact) mass is 355 g/mol. The molecule has 1 heterocycles. The fraction of sp³-hybridized carbons (Fsp3) is 0.0588. The summed E-state index contributed by atoms with van der Waals surface area (Å²) >= 11 is 3.47. The van der Waals surface area contributed by atoms with Gasteiger partial charge in [0.25, 0.3) is 5.91 Å². The second kappa shape index (κ2) is 6.15. The SMILES string of the molecule is NC(=O)c1cc(-c2cccc(Br)c2)n(Cc2ccccc2)n1. The van der Waals surface area contributed by atoms with Crippen molar-refractivity contribution in [2.45, 2.75) is 6.54 Å². The zero-order valence-electron chi connectivity index (χ0n) is 11.7. The number of aromatic nitrogens is 2. The van der Waals surface area contributed by atoms with Crippen molar-refractivity contribution < 1.29 is 4.79 Å². The van der Waals surface area contributed by atoms with Gasteiger partial charge in [0.1, 0.15) is 0 Å². The minimum atomic E-state index is -0.525. The van der Waals surface area contributed by atoms with Crippen LogP contribution in [0.1, 0.15) is 16.1 Å². The van der Waals surface area contributed by atoms with Crippen LogP contribution in [0.3, 0.4) is 0 Å². The van der Waals surface area contributed by atoms with Crippen LogP contribution in [0.2, 0.25) is 0 Å². The topological polar surface area (TPSA) is 60.9 Å². The third kappa shape index (κ3) is 3.09. The van der Waals surface area contributed by atoms with Crippen LogP contribution in [-0.2, 0) is 6.54 Å². The molecule has 1 amide bonds. The second-order valence-electron chi connectivity index (χ2n) is 4.93. The highest BCUT2D eigenvalue weighted by molar-refractivity contribution is 9.10. The van der Waals surface area contributed by atoms with Gasteiger partial charge in [0.15, 0.2) is 5.69 Å². The summed E-state index contributed by atoms with van der Waals surface area (Å²) in [4.78, 5) is 11.5. The maximum Gasteiger partial charge on any atom is 0.269 e. The van der Waals surface area contributed by atoms with Crippen LogP contribution >= 0.6 is 15.9 Å². The molecule has 0 saturated heterocycles. The van der Waals surface area contributed by atoms with Gasteiger partial charge in [0, 0.05) is 10.0 Å². The summed E-state index contributed by atoms with van der Waals surface area (Å²) in [5.74, 6) is -0.525. The number of nitrogens with zero attached hydrogens (tertiary/aromatic N) is 2. The van der Waals surface area contributed by atoms with Crippen LogP contribution in [0.5, 0.6) is 0 Å². The maximum absolute atomic E-state index is 11.5. The third-order valence-electron chi connectivity index (χ3n) is 3.33. The Morgan fingerprint density at radius 1 is 1.09 bits per heavy atom. The van der Waals surface area contributed by atoms with Gasteiger partial charge in [-0.25, -0.2) is 0 Å². The van der Waals surface area contributed by atoms with E-state index >= 15 is 0 Å². The first-order valence-corrected chi connectivity index (χ1v) is 7.60. The molecule has 3 rings (SSSR count). The number of amides is 1. The van der Waals surface area contributed by atoms with E-state index in [1.54, 1.807) is 10.7 Å². The highest BCUT2D eigenvalue weighted by atomic mass is 79.9. The van der Waals surface area contributed by atoms with Crippen LogP contribution < -0.4 is 5.73 Å². The number of primary amides is 1. The number of benzene rings is 2. The number of carbonyl (C=O) groups excluding carboxylic acids is 1. The van der Waals surface area contributed by atoms with Crippen molar-refractivity contribution in [3.8, 4) is 11.3 Å². The smallest absolute Gasteiger partial charge is 0.269 e. The molecule has 0 bridgehead atoms. The molecule has 0 aliphatic carbocycles. The fourth-order valence-corrected chi connectivity index (χ4v) is 2.69. The van der Waals surface area contributed by atoms with E-state index in [1.165, 1.54) is 0 Å². The molecule has 0 unspecified atom stereocenters. The predicted octanol–water partition coefficient (Wildman–Crippen LogP) is 3.46. The van der Waals surface area contributed by atoms with Crippen LogP contribution in [0.15, 0.2) is 65.1 Å². The van der Waals surface area contributed by atoms with E-state index in [-0.39, 0.29) is 5.69 Å². The van der Waals surface area contributed by atoms with E-state index in [2.05, 4.69) is 21.0 Å². The lowest BCUT2D eigenvalue weighted by molar-refractivity contribution is 0.0995. The van der Waals surface area contributed by atoms with Crippen molar-refractivity contribution in [2.75, 3.05) is 0 Å². The lowest BCUT2D eigenvalue weighted by Crippen LogP contribution is -2.12. The van der Waals surface area contributed by atoms with Crippen molar-refractivity contribution in [1.82, 2.24) is 9.78 Å². The molecule has 0 spiro atoms. The average Bonchev–Trinajstić information content (AvgIpc) is 2.92. The zero-order chi connectivity index (χ0) is 15.5. The number of hydrogen-bond acceptors (Lipinski definition) is 2. The summed E-state index contributed by atoms with van der Waals surface area (Å²) in [6, 6.07) is 19.6. The summed E-state index contributed by atoms with van der Waals surface area (Å²) in [5, 5.41) is 4.34. The maximum atomic E-state index is 11.5. The fourth-order valence-electron chi connectivity index (χ4n) is 2.29. The summed E-state index contributed by atoms with van der Waals surface area (Å²) < 4.78 is 2.77. The van der Waals surface area contributed by atoms with E-state index in [0.717, 1.165) is 21.3 Å². The largest absolute Gasteiger partial charge is 0.364 e. The van der Waals surface area contributed by atoms with Gasteiger partial charge < -0.3 is 5.73 Å². The highest BCUT2D eigenvalue weighted by Gasteiger charge is 2.14. The summed E-state index contributed by atoms with van der Waals surface area (Å²) in [6.07, 6.45) is 0. The van der Waals surface area contributed by atoms with Crippen molar-refractivity contribution in [2.24, 2.45) is 5.73 Å². The van der Waals surface area contributed by atoms with Gasteiger partial charge in [-0.1, -0.05) is 58.4 Å². The first kappa shape index (κ1) is 14.5. The molecule has 0 aliphatic heterocycles.